The van der Waals surface area contributed by atoms with Crippen LogP contribution in [-0.4, -0.2) is 33.0 Å². The molecule has 2 atom stereocenters. The fraction of sp³-hybridized carbons (Fsp3) is 0.304. The summed E-state index contributed by atoms with van der Waals surface area (Å²) in [6.45, 7) is 5.28. The summed E-state index contributed by atoms with van der Waals surface area (Å²) in [7, 11) is 0. The van der Waals surface area contributed by atoms with Crippen molar-refractivity contribution in [1.82, 2.24) is 4.57 Å². The number of halogens is 3. The molecule has 9 heteroatoms. The Morgan fingerprint density at radius 3 is 2.28 bits per heavy atom. The minimum Gasteiger partial charge on any atom is -0.508 e. The number of carbonyl (C=O) groups excluding carboxylic acids is 1. The number of carbonyl (C=O) groups is 2. The van der Waals surface area contributed by atoms with E-state index in [1.54, 1.807) is 13.8 Å². The maximum absolute atomic E-state index is 13.3. The Hall–Kier alpha value is -3.49. The lowest BCUT2D eigenvalue weighted by molar-refractivity contribution is -0.274. The summed E-state index contributed by atoms with van der Waals surface area (Å²) in [4.78, 5) is 25.4. The lowest BCUT2D eigenvalue weighted by Gasteiger charge is -2.20. The maximum Gasteiger partial charge on any atom is 0.573 e. The average molecular weight is 449 g/mol. The number of ether oxygens (including phenoxy) is 1. The molecule has 3 aromatic rings. The van der Waals surface area contributed by atoms with Crippen LogP contribution < -0.4 is 4.74 Å². The fourth-order valence-electron chi connectivity index (χ4n) is 3.90. The van der Waals surface area contributed by atoms with E-state index in [0.29, 0.717) is 28.6 Å². The lowest BCUT2D eigenvalue weighted by atomic mass is 9.84. The van der Waals surface area contributed by atoms with Crippen molar-refractivity contribution in [3.8, 4) is 11.5 Å². The average Bonchev–Trinajstić information content (AvgIpc) is 2.98. The van der Waals surface area contributed by atoms with E-state index in [1.165, 1.54) is 34.9 Å². The fourth-order valence-corrected chi connectivity index (χ4v) is 3.90. The summed E-state index contributed by atoms with van der Waals surface area (Å²) in [5, 5.41) is 20.3. The van der Waals surface area contributed by atoms with Gasteiger partial charge in [-0.05, 0) is 60.9 Å². The summed E-state index contributed by atoms with van der Waals surface area (Å²) in [5.74, 6) is -3.30. The first kappa shape index (κ1) is 23.2. The van der Waals surface area contributed by atoms with Crippen LogP contribution >= 0.6 is 0 Å². The minimum atomic E-state index is -4.85. The van der Waals surface area contributed by atoms with Crippen LogP contribution in [0.3, 0.4) is 0 Å². The molecule has 2 N–H and O–H groups in total. The highest BCUT2D eigenvalue weighted by atomic mass is 19.4. The van der Waals surface area contributed by atoms with Crippen LogP contribution in [0, 0.1) is 12.8 Å². The third-order valence-electron chi connectivity index (χ3n) is 5.56. The molecule has 2 aromatic carbocycles. The van der Waals surface area contributed by atoms with Crippen molar-refractivity contribution >= 4 is 22.8 Å². The Kier molecular flexibility index (Phi) is 6.20. The van der Waals surface area contributed by atoms with Crippen molar-refractivity contribution in [3.63, 3.8) is 0 Å². The number of carboxylic acid groups (broad SMARTS) is 1. The molecule has 1 aromatic heterocycles. The second-order valence-corrected chi connectivity index (χ2v) is 7.61. The van der Waals surface area contributed by atoms with E-state index < -0.39 is 29.9 Å². The van der Waals surface area contributed by atoms with E-state index in [1.807, 2.05) is 6.92 Å². The Morgan fingerprint density at radius 1 is 1.12 bits per heavy atom. The van der Waals surface area contributed by atoms with Gasteiger partial charge in [0.15, 0.2) is 0 Å². The molecule has 1 unspecified atom stereocenters. The molecule has 0 radical (unpaired) electrons. The number of benzene rings is 2. The summed E-state index contributed by atoms with van der Waals surface area (Å²) in [6.07, 6.45) is -4.27. The van der Waals surface area contributed by atoms with Crippen molar-refractivity contribution in [2.24, 2.45) is 5.92 Å². The zero-order valence-corrected chi connectivity index (χ0v) is 17.6. The van der Waals surface area contributed by atoms with Crippen molar-refractivity contribution < 1.29 is 37.7 Å². The molecule has 3 rings (SSSR count). The second kappa shape index (κ2) is 8.57. The van der Waals surface area contributed by atoms with Crippen LogP contribution in [0.25, 0.3) is 10.9 Å². The van der Waals surface area contributed by atoms with Gasteiger partial charge in [0, 0.05) is 16.6 Å². The zero-order chi connectivity index (χ0) is 23.8. The number of hydrogen-bond acceptors (Lipinski definition) is 4. The summed E-state index contributed by atoms with van der Waals surface area (Å²) in [6, 6.07) is 8.79. The molecule has 0 saturated heterocycles. The third kappa shape index (κ3) is 4.42. The topological polar surface area (TPSA) is 88.8 Å². The molecular weight excluding hydrogens is 427 g/mol. The Labute approximate surface area is 181 Å². The van der Waals surface area contributed by atoms with Gasteiger partial charge in [-0.25, -0.2) is 0 Å². The van der Waals surface area contributed by atoms with Gasteiger partial charge in [-0.3, -0.25) is 14.2 Å². The van der Waals surface area contributed by atoms with Gasteiger partial charge in [0.05, 0.1) is 11.4 Å². The van der Waals surface area contributed by atoms with Crippen molar-refractivity contribution in [1.29, 1.82) is 0 Å². The van der Waals surface area contributed by atoms with Crippen LogP contribution in [0.4, 0.5) is 13.2 Å². The molecule has 0 aliphatic carbocycles. The molecule has 0 aliphatic rings. The number of phenolic OH excluding ortho intramolecular Hbond substituents is 1. The number of fused-ring (bicyclic) bond motifs is 1. The second-order valence-electron chi connectivity index (χ2n) is 7.61. The Morgan fingerprint density at radius 2 is 1.75 bits per heavy atom. The normalized spacial score (nSPS) is 13.7. The number of nitrogens with zero attached hydrogens (tertiary/aromatic N) is 1. The smallest absolute Gasteiger partial charge is 0.508 e. The molecule has 0 bridgehead atoms. The standard InChI is InChI=1S/C23H22F3NO5/c1-4-12(2)19(22(30)31)20-13(3)27(18-10-7-15(28)11-17(18)20)21(29)14-5-8-16(9-6-14)32-23(24,25)26/h5-12,19,28H,4H2,1-3H3,(H,30,31)/t12?,19-/m1/s1. The lowest BCUT2D eigenvalue weighted by Crippen LogP contribution is -2.21. The highest BCUT2D eigenvalue weighted by molar-refractivity contribution is 6.05. The van der Waals surface area contributed by atoms with E-state index in [0.717, 1.165) is 12.1 Å². The van der Waals surface area contributed by atoms with E-state index in [-0.39, 0.29) is 17.2 Å². The van der Waals surface area contributed by atoms with Gasteiger partial charge in [-0.15, -0.1) is 13.2 Å². The first-order valence-electron chi connectivity index (χ1n) is 9.91. The molecular formula is C23H22F3NO5. The number of hydrogen-bond donors (Lipinski definition) is 2. The number of rotatable bonds is 6. The first-order valence-corrected chi connectivity index (χ1v) is 9.91. The number of aromatic hydroxyl groups is 1. The molecule has 0 spiro atoms. The van der Waals surface area contributed by atoms with Crippen LogP contribution in [-0.2, 0) is 4.79 Å². The zero-order valence-electron chi connectivity index (χ0n) is 17.6. The number of aliphatic carboxylic acids is 1. The minimum absolute atomic E-state index is 0.0784. The summed E-state index contributed by atoms with van der Waals surface area (Å²) < 4.78 is 42.4. The number of alkyl halides is 3. The molecule has 170 valence electrons. The molecule has 0 fully saturated rings. The predicted octanol–water partition coefficient (Wildman–Crippen LogP) is 5.46. The van der Waals surface area contributed by atoms with Gasteiger partial charge in [-0.2, -0.15) is 0 Å². The van der Waals surface area contributed by atoms with Gasteiger partial charge in [0.1, 0.15) is 11.5 Å². The van der Waals surface area contributed by atoms with Crippen molar-refractivity contribution in [2.45, 2.75) is 39.5 Å². The third-order valence-corrected chi connectivity index (χ3v) is 5.56. The Bertz CT molecular complexity index is 1170. The first-order chi connectivity index (χ1) is 14.9. The highest BCUT2D eigenvalue weighted by Crippen LogP contribution is 2.39. The van der Waals surface area contributed by atoms with Crippen LogP contribution in [0.2, 0.25) is 0 Å². The van der Waals surface area contributed by atoms with Crippen molar-refractivity contribution in [2.75, 3.05) is 0 Å². The monoisotopic (exact) mass is 449 g/mol. The molecule has 0 saturated carbocycles. The number of phenols is 1. The van der Waals surface area contributed by atoms with E-state index in [9.17, 15) is 33.0 Å². The summed E-state index contributed by atoms with van der Waals surface area (Å²) >= 11 is 0. The molecule has 1 heterocycles. The molecule has 0 amide bonds. The Balaban J connectivity index is 2.16. The van der Waals surface area contributed by atoms with Crippen molar-refractivity contribution in [3.05, 3.63) is 59.3 Å². The van der Waals surface area contributed by atoms with E-state index >= 15 is 0 Å². The van der Waals surface area contributed by atoms with Gasteiger partial charge < -0.3 is 14.9 Å². The SMILES string of the molecule is CCC(C)[C@@H](C(=O)O)c1c(C)n(C(=O)c2ccc(OC(F)(F)F)cc2)c2ccc(O)cc12. The quantitative estimate of drug-likeness (QED) is 0.522. The van der Waals surface area contributed by atoms with Crippen LogP contribution in [0.1, 0.15) is 47.8 Å². The van der Waals surface area contributed by atoms with Gasteiger partial charge in [-0.1, -0.05) is 20.3 Å². The van der Waals surface area contributed by atoms with Gasteiger partial charge >= 0.3 is 12.3 Å². The maximum atomic E-state index is 13.3. The summed E-state index contributed by atoms with van der Waals surface area (Å²) in [5.41, 5.74) is 1.29. The van der Waals surface area contributed by atoms with Crippen LogP contribution in [0.5, 0.6) is 11.5 Å². The number of aromatic nitrogens is 1. The number of carboxylic acids is 1. The van der Waals surface area contributed by atoms with Gasteiger partial charge in [0.2, 0.25) is 0 Å². The molecule has 0 aliphatic heterocycles. The molecule has 6 nitrogen and oxygen atoms in total. The van der Waals surface area contributed by atoms with Crippen LogP contribution in [0.15, 0.2) is 42.5 Å². The van der Waals surface area contributed by atoms with Gasteiger partial charge in [0.25, 0.3) is 5.91 Å². The highest BCUT2D eigenvalue weighted by Gasteiger charge is 2.33. The van der Waals surface area contributed by atoms with E-state index in [2.05, 4.69) is 4.74 Å². The largest absolute Gasteiger partial charge is 0.573 e. The molecule has 32 heavy (non-hydrogen) atoms. The predicted molar refractivity (Wildman–Crippen MR) is 111 cm³/mol. The van der Waals surface area contributed by atoms with E-state index in [4.69, 9.17) is 0 Å².